The second kappa shape index (κ2) is 8.35. The summed E-state index contributed by atoms with van der Waals surface area (Å²) in [6.45, 7) is 9.18. The smallest absolute Gasteiger partial charge is 0.411 e. The van der Waals surface area contributed by atoms with Gasteiger partial charge in [-0.1, -0.05) is 48.5 Å². The van der Waals surface area contributed by atoms with Gasteiger partial charge in [-0.25, -0.2) is 9.59 Å². The Bertz CT molecular complexity index is 934. The van der Waals surface area contributed by atoms with Crippen molar-refractivity contribution in [3.63, 3.8) is 0 Å². The van der Waals surface area contributed by atoms with Gasteiger partial charge in [0.1, 0.15) is 0 Å². The van der Waals surface area contributed by atoms with Crippen molar-refractivity contribution in [1.82, 2.24) is 4.90 Å². The maximum Gasteiger partial charge on any atom is 0.411 e. The van der Waals surface area contributed by atoms with Crippen LogP contribution in [0.25, 0.3) is 11.1 Å². The summed E-state index contributed by atoms with van der Waals surface area (Å²) in [5.74, 6) is -0.573. The van der Waals surface area contributed by atoms with Gasteiger partial charge >= 0.3 is 12.1 Å². The van der Waals surface area contributed by atoms with Crippen LogP contribution in [0.1, 0.15) is 51.8 Å². The summed E-state index contributed by atoms with van der Waals surface area (Å²) in [5, 5.41) is 0. The minimum atomic E-state index is -1.45. The van der Waals surface area contributed by atoms with Gasteiger partial charge < -0.3 is 14.2 Å². The van der Waals surface area contributed by atoms with Crippen molar-refractivity contribution in [2.75, 3.05) is 14.2 Å². The molecule has 1 amide bonds. The van der Waals surface area contributed by atoms with E-state index in [4.69, 9.17) is 14.2 Å². The minimum Gasteiger partial charge on any atom is -0.467 e. The lowest BCUT2D eigenvalue weighted by Gasteiger charge is -2.46. The van der Waals surface area contributed by atoms with Gasteiger partial charge in [0.25, 0.3) is 0 Å². The van der Waals surface area contributed by atoms with E-state index in [9.17, 15) is 9.59 Å². The summed E-state index contributed by atoms with van der Waals surface area (Å²) in [5.41, 5.74) is 1.90. The minimum absolute atomic E-state index is 0.532. The van der Waals surface area contributed by atoms with Crippen molar-refractivity contribution in [2.45, 2.75) is 57.9 Å². The van der Waals surface area contributed by atoms with Gasteiger partial charge in [-0.15, -0.1) is 0 Å². The number of benzene rings is 2. The molecule has 0 aliphatic heterocycles. The molecule has 0 aromatic heterocycles. The monoisotopic (exact) mass is 425 g/mol. The van der Waals surface area contributed by atoms with E-state index in [0.29, 0.717) is 0 Å². The summed E-state index contributed by atoms with van der Waals surface area (Å²) in [4.78, 5) is 28.0. The van der Waals surface area contributed by atoms with Gasteiger partial charge in [-0.3, -0.25) is 4.90 Å². The summed E-state index contributed by atoms with van der Waals surface area (Å²) in [7, 11) is 2.63. The van der Waals surface area contributed by atoms with Crippen molar-refractivity contribution >= 4 is 12.1 Å². The molecule has 31 heavy (non-hydrogen) atoms. The SMILES string of the molecule is COC(=O)N(C1c2ccccc2-c2ccccc21)C(C)(C(=O)OC)C(C)OC(C)(C)C. The molecule has 3 rings (SSSR count). The highest BCUT2D eigenvalue weighted by Gasteiger charge is 2.54. The Labute approximate surface area is 184 Å². The van der Waals surface area contributed by atoms with Gasteiger partial charge in [0, 0.05) is 0 Å². The largest absolute Gasteiger partial charge is 0.467 e. The maximum absolute atomic E-state index is 13.3. The summed E-state index contributed by atoms with van der Waals surface area (Å²) in [6, 6.07) is 15.2. The highest BCUT2D eigenvalue weighted by atomic mass is 16.6. The zero-order chi connectivity index (χ0) is 23.0. The molecule has 0 spiro atoms. The van der Waals surface area contributed by atoms with Gasteiger partial charge in [0.05, 0.1) is 32.0 Å². The molecule has 0 saturated heterocycles. The number of rotatable bonds is 5. The summed E-state index contributed by atoms with van der Waals surface area (Å²) in [6.07, 6.45) is -1.31. The predicted molar refractivity (Wildman–Crippen MR) is 119 cm³/mol. The molecular weight excluding hydrogens is 394 g/mol. The number of carbonyl (C=O) groups is 2. The molecule has 0 heterocycles. The van der Waals surface area contributed by atoms with Crippen LogP contribution in [0.15, 0.2) is 48.5 Å². The first-order chi connectivity index (χ1) is 14.6. The van der Waals surface area contributed by atoms with Crippen LogP contribution in [0.5, 0.6) is 0 Å². The number of carbonyl (C=O) groups excluding carboxylic acids is 2. The molecular formula is C25H31NO5. The Hall–Kier alpha value is -2.86. The zero-order valence-electron chi connectivity index (χ0n) is 19.3. The normalized spacial score (nSPS) is 16.0. The third-order valence-corrected chi connectivity index (χ3v) is 5.85. The molecule has 6 nitrogen and oxygen atoms in total. The van der Waals surface area contributed by atoms with E-state index in [1.165, 1.54) is 19.1 Å². The van der Waals surface area contributed by atoms with Crippen LogP contribution < -0.4 is 0 Å². The van der Waals surface area contributed by atoms with Gasteiger partial charge in [0.2, 0.25) is 0 Å². The van der Waals surface area contributed by atoms with Crippen LogP contribution in [0.4, 0.5) is 4.79 Å². The fraction of sp³-hybridized carbons (Fsp3) is 0.440. The van der Waals surface area contributed by atoms with Crippen LogP contribution in [0.2, 0.25) is 0 Å². The first kappa shape index (κ1) is 22.8. The van der Waals surface area contributed by atoms with Crippen LogP contribution in [-0.2, 0) is 19.0 Å². The number of methoxy groups -OCH3 is 2. The van der Waals surface area contributed by atoms with E-state index in [0.717, 1.165) is 22.3 Å². The third kappa shape index (κ3) is 3.92. The lowest BCUT2D eigenvalue weighted by Crippen LogP contribution is -2.63. The molecule has 0 fully saturated rings. The molecule has 1 aliphatic rings. The zero-order valence-corrected chi connectivity index (χ0v) is 19.3. The highest BCUT2D eigenvalue weighted by molar-refractivity contribution is 5.88. The van der Waals surface area contributed by atoms with Crippen LogP contribution in [0.3, 0.4) is 0 Å². The molecule has 2 unspecified atom stereocenters. The third-order valence-electron chi connectivity index (χ3n) is 5.85. The number of nitrogens with zero attached hydrogens (tertiary/aromatic N) is 1. The standard InChI is InChI=1S/C25H31NO5/c1-16(31-24(2,3)4)25(5,22(27)29-6)26(23(28)30-7)21-19-14-10-8-12-17(19)18-13-9-11-15-20(18)21/h8-16,21H,1-7H3. The van der Waals surface area contributed by atoms with Crippen molar-refractivity contribution in [1.29, 1.82) is 0 Å². The molecule has 166 valence electrons. The number of hydrogen-bond donors (Lipinski definition) is 0. The number of hydrogen-bond acceptors (Lipinski definition) is 5. The predicted octanol–water partition coefficient (Wildman–Crippen LogP) is 4.96. The number of fused-ring (bicyclic) bond motifs is 3. The second-order valence-electron chi connectivity index (χ2n) is 8.93. The van der Waals surface area contributed by atoms with Gasteiger partial charge in [-0.05, 0) is 56.9 Å². The Morgan fingerprint density at radius 3 is 1.77 bits per heavy atom. The van der Waals surface area contributed by atoms with Crippen LogP contribution in [0, 0.1) is 0 Å². The molecule has 6 heteroatoms. The van der Waals surface area contributed by atoms with Crippen molar-refractivity contribution in [3.05, 3.63) is 59.7 Å². The van der Waals surface area contributed by atoms with E-state index in [1.807, 2.05) is 69.3 Å². The first-order valence-electron chi connectivity index (χ1n) is 10.4. The van der Waals surface area contributed by atoms with Crippen LogP contribution >= 0.6 is 0 Å². The van der Waals surface area contributed by atoms with Crippen molar-refractivity contribution < 1.29 is 23.8 Å². The fourth-order valence-electron chi connectivity index (χ4n) is 4.38. The Kier molecular flexibility index (Phi) is 6.14. The Morgan fingerprint density at radius 1 is 0.871 bits per heavy atom. The average Bonchev–Trinajstić information content (AvgIpc) is 3.06. The van der Waals surface area contributed by atoms with E-state index >= 15 is 0 Å². The van der Waals surface area contributed by atoms with E-state index in [2.05, 4.69) is 0 Å². The lowest BCUT2D eigenvalue weighted by molar-refractivity contribution is -0.174. The number of esters is 1. The van der Waals surface area contributed by atoms with E-state index in [1.54, 1.807) is 13.8 Å². The Morgan fingerprint density at radius 2 is 1.35 bits per heavy atom. The first-order valence-corrected chi connectivity index (χ1v) is 10.4. The summed E-state index contributed by atoms with van der Waals surface area (Å²) >= 11 is 0. The molecule has 0 N–H and O–H groups in total. The molecule has 0 saturated carbocycles. The molecule has 2 aromatic rings. The molecule has 0 bridgehead atoms. The highest BCUT2D eigenvalue weighted by Crippen LogP contribution is 2.49. The van der Waals surface area contributed by atoms with Crippen molar-refractivity contribution in [3.8, 4) is 11.1 Å². The van der Waals surface area contributed by atoms with E-state index in [-0.39, 0.29) is 0 Å². The number of amides is 1. The molecule has 2 atom stereocenters. The second-order valence-corrected chi connectivity index (χ2v) is 8.93. The van der Waals surface area contributed by atoms with Gasteiger partial charge in [-0.2, -0.15) is 0 Å². The van der Waals surface area contributed by atoms with E-state index < -0.39 is 35.3 Å². The molecule has 1 aliphatic carbocycles. The maximum atomic E-state index is 13.3. The topological polar surface area (TPSA) is 65.1 Å². The van der Waals surface area contributed by atoms with Crippen LogP contribution in [-0.4, -0.2) is 48.4 Å². The number of ether oxygens (including phenoxy) is 3. The fourth-order valence-corrected chi connectivity index (χ4v) is 4.38. The Balaban J connectivity index is 2.26. The summed E-state index contributed by atoms with van der Waals surface area (Å²) < 4.78 is 16.6. The molecule has 2 aromatic carbocycles. The molecule has 0 radical (unpaired) electrons. The quantitative estimate of drug-likeness (QED) is 0.634. The van der Waals surface area contributed by atoms with Crippen molar-refractivity contribution in [2.24, 2.45) is 0 Å². The lowest BCUT2D eigenvalue weighted by atomic mass is 9.88. The average molecular weight is 426 g/mol. The van der Waals surface area contributed by atoms with Gasteiger partial charge in [0.15, 0.2) is 5.54 Å².